The predicted molar refractivity (Wildman–Crippen MR) is 89.8 cm³/mol. The van der Waals surface area contributed by atoms with Crippen LogP contribution in [-0.2, 0) is 0 Å². The molecule has 2 fully saturated rings. The van der Waals surface area contributed by atoms with Crippen molar-refractivity contribution in [1.29, 1.82) is 0 Å². The van der Waals surface area contributed by atoms with E-state index in [1.54, 1.807) is 0 Å². The largest absolute Gasteiger partial charge is 0.313 e. The monoisotopic (exact) mass is 306 g/mol. The van der Waals surface area contributed by atoms with Gasteiger partial charge in [-0.2, -0.15) is 0 Å². The highest BCUT2D eigenvalue weighted by molar-refractivity contribution is 6.30. The van der Waals surface area contributed by atoms with E-state index in [9.17, 15) is 0 Å². The number of nitrogens with zero attached hydrogens (tertiary/aromatic N) is 1. The summed E-state index contributed by atoms with van der Waals surface area (Å²) in [5, 5.41) is 4.28. The van der Waals surface area contributed by atoms with E-state index in [0.717, 1.165) is 16.9 Å². The Kier molecular flexibility index (Phi) is 5.20. The normalized spacial score (nSPS) is 20.0. The van der Waals surface area contributed by atoms with Gasteiger partial charge < -0.3 is 10.2 Å². The molecule has 2 aliphatic rings. The summed E-state index contributed by atoms with van der Waals surface area (Å²) >= 11 is 5.99. The molecule has 1 unspecified atom stereocenters. The Hall–Kier alpha value is -0.570. The highest BCUT2D eigenvalue weighted by atomic mass is 35.5. The van der Waals surface area contributed by atoms with Gasteiger partial charge in [0.15, 0.2) is 0 Å². The first-order chi connectivity index (χ1) is 10.2. The van der Waals surface area contributed by atoms with E-state index < -0.39 is 0 Å². The Morgan fingerprint density at radius 3 is 2.14 bits per heavy atom. The molecule has 0 saturated heterocycles. The summed E-state index contributed by atoms with van der Waals surface area (Å²) in [5.41, 5.74) is 1.35. The molecule has 1 aromatic carbocycles. The van der Waals surface area contributed by atoms with Gasteiger partial charge in [0, 0.05) is 24.2 Å². The first-order valence-corrected chi connectivity index (χ1v) is 8.77. The number of benzene rings is 1. The van der Waals surface area contributed by atoms with Crippen molar-refractivity contribution in [2.45, 2.75) is 38.1 Å². The van der Waals surface area contributed by atoms with Gasteiger partial charge >= 0.3 is 0 Å². The molecule has 21 heavy (non-hydrogen) atoms. The maximum Gasteiger partial charge on any atom is 0.0406 e. The molecule has 1 N–H and O–H groups in total. The van der Waals surface area contributed by atoms with Gasteiger partial charge in [0.1, 0.15) is 0 Å². The summed E-state index contributed by atoms with van der Waals surface area (Å²) in [6.45, 7) is 3.86. The van der Waals surface area contributed by atoms with E-state index in [1.165, 1.54) is 57.3 Å². The standard InChI is InChI=1S/C18H27ClN2/c1-20-18(16-6-8-17(19)9-7-16)10-11-21(12-14-2-3-14)13-15-4-5-15/h6-9,14-15,18,20H,2-5,10-13H2,1H3. The van der Waals surface area contributed by atoms with Crippen LogP contribution in [0.4, 0.5) is 0 Å². The SMILES string of the molecule is CNC(CCN(CC1CC1)CC1CC1)c1ccc(Cl)cc1. The zero-order valence-corrected chi connectivity index (χ0v) is 13.8. The van der Waals surface area contributed by atoms with E-state index >= 15 is 0 Å². The fourth-order valence-electron chi connectivity index (χ4n) is 3.07. The van der Waals surface area contributed by atoms with Crippen LogP contribution in [0.25, 0.3) is 0 Å². The molecule has 0 aromatic heterocycles. The van der Waals surface area contributed by atoms with Gasteiger partial charge in [0.25, 0.3) is 0 Å². The Morgan fingerprint density at radius 2 is 1.67 bits per heavy atom. The Balaban J connectivity index is 1.52. The van der Waals surface area contributed by atoms with Crippen molar-refractivity contribution in [3.63, 3.8) is 0 Å². The fourth-order valence-corrected chi connectivity index (χ4v) is 3.20. The van der Waals surface area contributed by atoms with Gasteiger partial charge in [-0.1, -0.05) is 23.7 Å². The quantitative estimate of drug-likeness (QED) is 0.738. The zero-order valence-electron chi connectivity index (χ0n) is 13.0. The van der Waals surface area contributed by atoms with E-state index in [4.69, 9.17) is 11.6 Å². The second-order valence-electron chi connectivity index (χ2n) is 6.83. The van der Waals surface area contributed by atoms with E-state index in [-0.39, 0.29) is 0 Å². The molecule has 1 atom stereocenters. The van der Waals surface area contributed by atoms with E-state index in [2.05, 4.69) is 29.4 Å². The van der Waals surface area contributed by atoms with Crippen molar-refractivity contribution in [2.75, 3.05) is 26.7 Å². The number of nitrogens with one attached hydrogen (secondary N) is 1. The minimum Gasteiger partial charge on any atom is -0.313 e. The molecule has 0 bridgehead atoms. The number of hydrogen-bond acceptors (Lipinski definition) is 2. The minimum absolute atomic E-state index is 0.433. The number of hydrogen-bond donors (Lipinski definition) is 1. The summed E-state index contributed by atoms with van der Waals surface area (Å²) in [4.78, 5) is 2.72. The zero-order chi connectivity index (χ0) is 14.7. The molecule has 116 valence electrons. The third-order valence-corrected chi connectivity index (χ3v) is 5.03. The van der Waals surface area contributed by atoms with Crippen molar-refractivity contribution < 1.29 is 0 Å². The topological polar surface area (TPSA) is 15.3 Å². The lowest BCUT2D eigenvalue weighted by atomic mass is 10.0. The van der Waals surface area contributed by atoms with Crippen LogP contribution in [-0.4, -0.2) is 31.6 Å². The minimum atomic E-state index is 0.433. The molecule has 0 aliphatic heterocycles. The predicted octanol–water partition coefficient (Wildman–Crippen LogP) is 4.11. The van der Waals surface area contributed by atoms with Gasteiger partial charge in [-0.25, -0.2) is 0 Å². The Bertz CT molecular complexity index is 423. The van der Waals surface area contributed by atoms with Gasteiger partial charge in [-0.05, 0) is 75.2 Å². The van der Waals surface area contributed by atoms with E-state index in [0.29, 0.717) is 6.04 Å². The van der Waals surface area contributed by atoms with Gasteiger partial charge in [0.05, 0.1) is 0 Å². The summed E-state index contributed by atoms with van der Waals surface area (Å²) in [5.74, 6) is 1.99. The number of rotatable bonds is 9. The summed E-state index contributed by atoms with van der Waals surface area (Å²) in [6.07, 6.45) is 6.99. The lowest BCUT2D eigenvalue weighted by Crippen LogP contribution is -2.32. The average Bonchev–Trinajstić information content (AvgIpc) is 3.37. The molecule has 3 heteroatoms. The molecular formula is C18H27ClN2. The van der Waals surface area contributed by atoms with Crippen molar-refractivity contribution in [1.82, 2.24) is 10.2 Å². The molecule has 0 heterocycles. The molecule has 1 aromatic rings. The molecular weight excluding hydrogens is 280 g/mol. The highest BCUT2D eigenvalue weighted by Crippen LogP contribution is 2.34. The number of halogens is 1. The van der Waals surface area contributed by atoms with Crippen LogP contribution < -0.4 is 5.32 Å². The smallest absolute Gasteiger partial charge is 0.0406 e. The first-order valence-electron chi connectivity index (χ1n) is 8.39. The molecule has 0 amide bonds. The maximum atomic E-state index is 5.99. The summed E-state index contributed by atoms with van der Waals surface area (Å²) in [7, 11) is 2.06. The van der Waals surface area contributed by atoms with Gasteiger partial charge in [-0.3, -0.25) is 0 Å². The Morgan fingerprint density at radius 1 is 1.10 bits per heavy atom. The summed E-state index contributed by atoms with van der Waals surface area (Å²) < 4.78 is 0. The van der Waals surface area contributed by atoms with Crippen LogP contribution >= 0.6 is 11.6 Å². The third kappa shape index (κ3) is 4.98. The third-order valence-electron chi connectivity index (χ3n) is 4.78. The van der Waals surface area contributed by atoms with Crippen molar-refractivity contribution in [3.8, 4) is 0 Å². The second-order valence-corrected chi connectivity index (χ2v) is 7.26. The molecule has 3 rings (SSSR count). The van der Waals surface area contributed by atoms with Crippen LogP contribution in [0.3, 0.4) is 0 Å². The molecule has 2 aliphatic carbocycles. The van der Waals surface area contributed by atoms with Crippen LogP contribution in [0.15, 0.2) is 24.3 Å². The van der Waals surface area contributed by atoms with Crippen molar-refractivity contribution >= 4 is 11.6 Å². The van der Waals surface area contributed by atoms with Crippen LogP contribution in [0.5, 0.6) is 0 Å². The first kappa shape index (κ1) is 15.3. The van der Waals surface area contributed by atoms with Crippen molar-refractivity contribution in [3.05, 3.63) is 34.9 Å². The lowest BCUT2D eigenvalue weighted by molar-refractivity contribution is 0.239. The highest BCUT2D eigenvalue weighted by Gasteiger charge is 2.29. The van der Waals surface area contributed by atoms with Crippen LogP contribution in [0.2, 0.25) is 5.02 Å². The maximum absolute atomic E-state index is 5.99. The Labute approximate surface area is 133 Å². The molecule has 0 radical (unpaired) electrons. The van der Waals surface area contributed by atoms with E-state index in [1.807, 2.05) is 12.1 Å². The lowest BCUT2D eigenvalue weighted by Gasteiger charge is -2.25. The summed E-state index contributed by atoms with van der Waals surface area (Å²) in [6, 6.07) is 8.72. The molecule has 2 nitrogen and oxygen atoms in total. The second kappa shape index (κ2) is 7.13. The van der Waals surface area contributed by atoms with Crippen LogP contribution in [0, 0.1) is 11.8 Å². The van der Waals surface area contributed by atoms with Crippen molar-refractivity contribution in [2.24, 2.45) is 11.8 Å². The van der Waals surface area contributed by atoms with Crippen LogP contribution in [0.1, 0.15) is 43.7 Å². The average molecular weight is 307 g/mol. The molecule has 2 saturated carbocycles. The van der Waals surface area contributed by atoms with Gasteiger partial charge in [0.2, 0.25) is 0 Å². The molecule has 0 spiro atoms. The van der Waals surface area contributed by atoms with Gasteiger partial charge in [-0.15, -0.1) is 0 Å². The fraction of sp³-hybridized carbons (Fsp3) is 0.667.